The highest BCUT2D eigenvalue weighted by molar-refractivity contribution is 9.10. The summed E-state index contributed by atoms with van der Waals surface area (Å²) in [5, 5.41) is 9.54. The molecule has 1 aliphatic heterocycles. The Morgan fingerprint density at radius 3 is 2.53 bits per heavy atom. The first-order valence-corrected chi connectivity index (χ1v) is 13.1. The van der Waals surface area contributed by atoms with Crippen LogP contribution in [0.4, 0.5) is 0 Å². The number of aliphatic hydroxyl groups excluding tert-OH is 1. The van der Waals surface area contributed by atoms with Crippen LogP contribution in [0.25, 0.3) is 0 Å². The van der Waals surface area contributed by atoms with E-state index in [0.29, 0.717) is 12.0 Å². The van der Waals surface area contributed by atoms with E-state index in [-0.39, 0.29) is 6.10 Å². The van der Waals surface area contributed by atoms with Gasteiger partial charge in [0.1, 0.15) is 5.75 Å². The Morgan fingerprint density at radius 2 is 1.87 bits per heavy atom. The third-order valence-corrected chi connectivity index (χ3v) is 8.12. The van der Waals surface area contributed by atoms with Gasteiger partial charge in [0.05, 0.1) is 6.10 Å². The van der Waals surface area contributed by atoms with E-state index in [1.807, 2.05) is 0 Å². The lowest BCUT2D eigenvalue weighted by Crippen LogP contribution is -2.36. The summed E-state index contributed by atoms with van der Waals surface area (Å²) in [6.07, 6.45) is 14.4. The topological polar surface area (TPSA) is 32.7 Å². The summed E-state index contributed by atoms with van der Waals surface area (Å²) >= 11 is 3.74. The predicted molar refractivity (Wildman–Crippen MR) is 129 cm³/mol. The standard InChI is InChI=1S/C26H42BrNO2/c1-21(2)30-24-7-8-25(27)23(20-24)19-22-9-16-28(17-10-22)15-6-13-26(14-18-29)11-4-3-5-12-26/h7-8,20-22,29H,3-6,9-19H2,1-2H3. The largest absolute Gasteiger partial charge is 0.491 e. The van der Waals surface area contributed by atoms with Gasteiger partial charge in [-0.15, -0.1) is 0 Å². The van der Waals surface area contributed by atoms with Crippen LogP contribution in [0.2, 0.25) is 0 Å². The molecule has 2 fully saturated rings. The van der Waals surface area contributed by atoms with Crippen molar-refractivity contribution in [3.63, 3.8) is 0 Å². The fourth-order valence-corrected chi connectivity index (χ4v) is 6.03. The summed E-state index contributed by atoms with van der Waals surface area (Å²) in [6, 6.07) is 6.42. The van der Waals surface area contributed by atoms with Gasteiger partial charge in [-0.25, -0.2) is 0 Å². The van der Waals surface area contributed by atoms with Crippen molar-refractivity contribution < 1.29 is 9.84 Å². The smallest absolute Gasteiger partial charge is 0.120 e. The number of rotatable bonds is 10. The van der Waals surface area contributed by atoms with Crippen LogP contribution in [0.15, 0.2) is 22.7 Å². The first-order valence-electron chi connectivity index (χ1n) is 12.3. The maximum atomic E-state index is 9.54. The molecule has 0 bridgehead atoms. The number of nitrogens with zero attached hydrogens (tertiary/aromatic N) is 1. The number of halogens is 1. The van der Waals surface area contributed by atoms with Crippen LogP contribution >= 0.6 is 15.9 Å². The highest BCUT2D eigenvalue weighted by Crippen LogP contribution is 2.43. The lowest BCUT2D eigenvalue weighted by molar-refractivity contribution is 0.105. The first kappa shape index (κ1) is 24.1. The van der Waals surface area contributed by atoms with E-state index in [1.54, 1.807) is 0 Å². The molecule has 0 atom stereocenters. The zero-order valence-electron chi connectivity index (χ0n) is 19.2. The molecule has 0 amide bonds. The lowest BCUT2D eigenvalue weighted by Gasteiger charge is -2.38. The molecule has 1 aromatic carbocycles. The summed E-state index contributed by atoms with van der Waals surface area (Å²) in [5.74, 6) is 1.76. The van der Waals surface area contributed by atoms with E-state index < -0.39 is 0 Å². The first-order chi connectivity index (χ1) is 14.5. The minimum Gasteiger partial charge on any atom is -0.491 e. The number of ether oxygens (including phenoxy) is 1. The van der Waals surface area contributed by atoms with Crippen LogP contribution in [0, 0.1) is 11.3 Å². The van der Waals surface area contributed by atoms with E-state index in [2.05, 4.69) is 52.9 Å². The van der Waals surface area contributed by atoms with Gasteiger partial charge in [0.15, 0.2) is 0 Å². The molecule has 1 N–H and O–H groups in total. The van der Waals surface area contributed by atoms with Crippen molar-refractivity contribution in [2.75, 3.05) is 26.2 Å². The number of likely N-dealkylation sites (tertiary alicyclic amines) is 1. The van der Waals surface area contributed by atoms with Crippen molar-refractivity contribution in [3.8, 4) is 5.75 Å². The van der Waals surface area contributed by atoms with Gasteiger partial charge in [0, 0.05) is 11.1 Å². The normalized spacial score (nSPS) is 20.6. The van der Waals surface area contributed by atoms with Crippen molar-refractivity contribution in [2.24, 2.45) is 11.3 Å². The monoisotopic (exact) mass is 479 g/mol. The molecule has 2 aliphatic rings. The Bertz CT molecular complexity index is 628. The van der Waals surface area contributed by atoms with Crippen LogP contribution in [0.5, 0.6) is 5.75 Å². The van der Waals surface area contributed by atoms with Gasteiger partial charge in [-0.2, -0.15) is 0 Å². The van der Waals surface area contributed by atoms with Crippen molar-refractivity contribution in [1.82, 2.24) is 4.90 Å². The minimum atomic E-state index is 0.215. The zero-order valence-corrected chi connectivity index (χ0v) is 20.8. The molecular formula is C26H42BrNO2. The second kappa shape index (κ2) is 11.9. The van der Waals surface area contributed by atoms with Crippen molar-refractivity contribution in [2.45, 2.75) is 90.6 Å². The molecule has 0 radical (unpaired) electrons. The lowest BCUT2D eigenvalue weighted by atomic mass is 9.69. The number of piperidine rings is 1. The summed E-state index contributed by atoms with van der Waals surface area (Å²) in [5.41, 5.74) is 1.83. The van der Waals surface area contributed by atoms with Crippen molar-refractivity contribution in [1.29, 1.82) is 0 Å². The van der Waals surface area contributed by atoms with Gasteiger partial charge >= 0.3 is 0 Å². The molecule has 3 nitrogen and oxygen atoms in total. The Kier molecular flexibility index (Phi) is 9.53. The highest BCUT2D eigenvalue weighted by Gasteiger charge is 2.31. The molecule has 0 unspecified atom stereocenters. The van der Waals surface area contributed by atoms with Gasteiger partial charge in [0.2, 0.25) is 0 Å². The molecule has 3 rings (SSSR count). The van der Waals surface area contributed by atoms with Crippen molar-refractivity contribution in [3.05, 3.63) is 28.2 Å². The molecule has 1 saturated carbocycles. The van der Waals surface area contributed by atoms with Crippen LogP contribution in [0.1, 0.15) is 83.6 Å². The molecule has 1 heterocycles. The summed E-state index contributed by atoms with van der Waals surface area (Å²) in [6.45, 7) is 8.23. The summed E-state index contributed by atoms with van der Waals surface area (Å²) < 4.78 is 7.10. The Balaban J connectivity index is 1.42. The average Bonchev–Trinajstić information content (AvgIpc) is 2.72. The third-order valence-electron chi connectivity index (χ3n) is 7.34. The third kappa shape index (κ3) is 7.24. The molecule has 0 spiro atoms. The molecule has 170 valence electrons. The van der Waals surface area contributed by atoms with E-state index in [1.165, 1.54) is 87.5 Å². The van der Waals surface area contributed by atoms with E-state index in [0.717, 1.165) is 24.5 Å². The SMILES string of the molecule is CC(C)Oc1ccc(Br)c(CC2CCN(CCCC3(CCO)CCCCC3)CC2)c1. The van der Waals surface area contributed by atoms with Crippen molar-refractivity contribution >= 4 is 15.9 Å². The number of hydrogen-bond acceptors (Lipinski definition) is 3. The number of hydrogen-bond donors (Lipinski definition) is 1. The number of benzene rings is 1. The quantitative estimate of drug-likeness (QED) is 0.409. The fourth-order valence-electron chi connectivity index (χ4n) is 5.62. The molecule has 0 aromatic heterocycles. The molecule has 1 aliphatic carbocycles. The maximum absolute atomic E-state index is 9.54. The van der Waals surface area contributed by atoms with E-state index in [4.69, 9.17) is 4.74 Å². The highest BCUT2D eigenvalue weighted by atomic mass is 79.9. The van der Waals surface area contributed by atoms with Gasteiger partial charge in [0.25, 0.3) is 0 Å². The van der Waals surface area contributed by atoms with Crippen LogP contribution in [-0.2, 0) is 6.42 Å². The Labute approximate surface area is 192 Å². The van der Waals surface area contributed by atoms with E-state index >= 15 is 0 Å². The average molecular weight is 481 g/mol. The minimum absolute atomic E-state index is 0.215. The van der Waals surface area contributed by atoms with Gasteiger partial charge in [-0.1, -0.05) is 35.2 Å². The molecular weight excluding hydrogens is 438 g/mol. The molecule has 1 saturated heterocycles. The van der Waals surface area contributed by atoms with Crippen LogP contribution in [0.3, 0.4) is 0 Å². The van der Waals surface area contributed by atoms with E-state index in [9.17, 15) is 5.11 Å². The zero-order chi connectivity index (χ0) is 21.4. The maximum Gasteiger partial charge on any atom is 0.120 e. The van der Waals surface area contributed by atoms with Crippen LogP contribution < -0.4 is 4.74 Å². The summed E-state index contributed by atoms with van der Waals surface area (Å²) in [4.78, 5) is 2.68. The van der Waals surface area contributed by atoms with Gasteiger partial charge in [-0.05, 0) is 120 Å². The second-order valence-corrected chi connectivity index (χ2v) is 10.9. The molecule has 30 heavy (non-hydrogen) atoms. The Morgan fingerprint density at radius 1 is 1.13 bits per heavy atom. The second-order valence-electron chi connectivity index (χ2n) is 10.0. The predicted octanol–water partition coefficient (Wildman–Crippen LogP) is 6.60. The summed E-state index contributed by atoms with van der Waals surface area (Å²) in [7, 11) is 0. The number of aliphatic hydroxyl groups is 1. The fraction of sp³-hybridized carbons (Fsp3) is 0.769. The molecule has 1 aromatic rings. The molecule has 4 heteroatoms. The van der Waals surface area contributed by atoms with Crippen LogP contribution in [-0.4, -0.2) is 42.4 Å². The van der Waals surface area contributed by atoms with Gasteiger partial charge in [-0.3, -0.25) is 0 Å². The van der Waals surface area contributed by atoms with Gasteiger partial charge < -0.3 is 14.7 Å². The Hall–Kier alpha value is -0.580.